The normalized spacial score (nSPS) is 26.9. The van der Waals surface area contributed by atoms with Crippen LogP contribution >= 0.6 is 0 Å². The fraction of sp³-hybridized carbons (Fsp3) is 0.682. The van der Waals surface area contributed by atoms with E-state index in [4.69, 9.17) is 18.9 Å². The van der Waals surface area contributed by atoms with Crippen LogP contribution < -0.4 is 14.2 Å². The van der Waals surface area contributed by atoms with Crippen LogP contribution in [0, 0.1) is 5.92 Å². The van der Waals surface area contributed by atoms with Crippen LogP contribution in [-0.4, -0.2) is 64.6 Å². The van der Waals surface area contributed by atoms with Crippen LogP contribution in [0.1, 0.15) is 48.9 Å². The summed E-state index contributed by atoms with van der Waals surface area (Å²) in [5.41, 5.74) is 0.413. The average Bonchev–Trinajstić information content (AvgIpc) is 2.72. The molecule has 0 aliphatic carbocycles. The number of piperidine rings is 2. The average molecular weight is 393 g/mol. The summed E-state index contributed by atoms with van der Waals surface area (Å²) in [5, 5.41) is 0. The van der Waals surface area contributed by atoms with Crippen LogP contribution in [-0.2, 0) is 4.74 Å². The Kier molecular flexibility index (Phi) is 6.70. The molecule has 0 aromatic heterocycles. The van der Waals surface area contributed by atoms with Crippen molar-refractivity contribution in [2.45, 2.75) is 44.6 Å². The number of carbonyl (C=O) groups excluding carboxylic acids is 1. The number of rotatable bonds is 7. The van der Waals surface area contributed by atoms with E-state index in [-0.39, 0.29) is 5.97 Å². The van der Waals surface area contributed by atoms with Gasteiger partial charge in [0.1, 0.15) is 0 Å². The van der Waals surface area contributed by atoms with Gasteiger partial charge in [-0.3, -0.25) is 0 Å². The number of quaternary nitrogens is 1. The molecule has 2 heterocycles. The quantitative estimate of drug-likeness (QED) is 0.523. The lowest BCUT2D eigenvalue weighted by molar-refractivity contribution is -0.947. The standard InChI is InChI=1S/C22H34NO5/c1-23-11-6-5-9-18(23)16(8-7-12-23)10-13-28-22(24)17-14-19(25-2)21(27-4)20(15-17)26-3/h14-16,18H,5-13H2,1-4H3/q+1. The smallest absolute Gasteiger partial charge is 0.338 e. The molecule has 0 amide bonds. The molecule has 6 heteroatoms. The minimum absolute atomic E-state index is 0.351. The van der Waals surface area contributed by atoms with Gasteiger partial charge in [-0.05, 0) is 50.7 Å². The van der Waals surface area contributed by atoms with Gasteiger partial charge in [0, 0.05) is 5.92 Å². The van der Waals surface area contributed by atoms with Crippen molar-refractivity contribution in [3.05, 3.63) is 17.7 Å². The van der Waals surface area contributed by atoms with Gasteiger partial charge in [0.25, 0.3) is 0 Å². The second-order valence-corrected chi connectivity index (χ2v) is 8.23. The predicted molar refractivity (Wildman–Crippen MR) is 107 cm³/mol. The van der Waals surface area contributed by atoms with Crippen molar-refractivity contribution in [3.63, 3.8) is 0 Å². The number of methoxy groups -OCH3 is 3. The zero-order chi connectivity index (χ0) is 20.1. The number of esters is 1. The highest BCUT2D eigenvalue weighted by Crippen LogP contribution is 2.39. The Bertz CT molecular complexity index is 662. The minimum Gasteiger partial charge on any atom is -0.493 e. The van der Waals surface area contributed by atoms with Crippen molar-refractivity contribution in [1.29, 1.82) is 0 Å². The summed E-state index contributed by atoms with van der Waals surface area (Å²) in [6, 6.07) is 4.00. The first-order valence-corrected chi connectivity index (χ1v) is 10.3. The maximum atomic E-state index is 12.6. The Morgan fingerprint density at radius 1 is 1.00 bits per heavy atom. The van der Waals surface area contributed by atoms with Crippen molar-refractivity contribution < 1.29 is 28.2 Å². The highest BCUT2D eigenvalue weighted by atomic mass is 16.5. The highest BCUT2D eigenvalue weighted by molar-refractivity contribution is 5.91. The van der Waals surface area contributed by atoms with Crippen LogP contribution in [0.3, 0.4) is 0 Å². The third-order valence-corrected chi connectivity index (χ3v) is 6.63. The molecule has 0 spiro atoms. The SMILES string of the molecule is COc1cc(C(=O)OCCC2CCC[N+]3(C)CCCCC23)cc(OC)c1OC. The summed E-state index contributed by atoms with van der Waals surface area (Å²) < 4.78 is 22.8. The van der Waals surface area contributed by atoms with Gasteiger partial charge in [-0.25, -0.2) is 4.79 Å². The molecule has 1 aromatic rings. The van der Waals surface area contributed by atoms with Crippen molar-refractivity contribution in [1.82, 2.24) is 0 Å². The third kappa shape index (κ3) is 4.22. The van der Waals surface area contributed by atoms with Gasteiger partial charge >= 0.3 is 5.97 Å². The lowest BCUT2D eigenvalue weighted by Crippen LogP contribution is -2.60. The number of nitrogens with zero attached hydrogens (tertiary/aromatic N) is 1. The molecule has 3 rings (SSSR count). The summed E-state index contributed by atoms with van der Waals surface area (Å²) in [4.78, 5) is 12.6. The van der Waals surface area contributed by atoms with E-state index in [0.29, 0.717) is 35.3 Å². The Hall–Kier alpha value is -1.95. The second kappa shape index (κ2) is 9.03. The van der Waals surface area contributed by atoms with Gasteiger partial charge in [0.05, 0.1) is 59.7 Å². The van der Waals surface area contributed by atoms with Gasteiger partial charge in [-0.15, -0.1) is 0 Å². The summed E-state index contributed by atoms with van der Waals surface area (Å²) in [5.74, 6) is 1.67. The van der Waals surface area contributed by atoms with Gasteiger partial charge in [0.2, 0.25) is 5.75 Å². The molecular weight excluding hydrogens is 358 g/mol. The first kappa shape index (κ1) is 20.8. The van der Waals surface area contributed by atoms with Crippen molar-refractivity contribution in [3.8, 4) is 17.2 Å². The first-order valence-electron chi connectivity index (χ1n) is 10.3. The highest BCUT2D eigenvalue weighted by Gasteiger charge is 2.43. The maximum Gasteiger partial charge on any atom is 0.338 e. The monoisotopic (exact) mass is 392 g/mol. The minimum atomic E-state index is -0.351. The lowest BCUT2D eigenvalue weighted by atomic mass is 9.80. The van der Waals surface area contributed by atoms with Crippen molar-refractivity contribution >= 4 is 5.97 Å². The fourth-order valence-corrected chi connectivity index (χ4v) is 5.16. The zero-order valence-corrected chi connectivity index (χ0v) is 17.7. The van der Waals surface area contributed by atoms with Crippen molar-refractivity contribution in [2.75, 3.05) is 48.1 Å². The molecule has 0 saturated carbocycles. The van der Waals surface area contributed by atoms with E-state index in [1.165, 1.54) is 63.9 Å². The topological polar surface area (TPSA) is 54.0 Å². The first-order chi connectivity index (χ1) is 13.5. The molecule has 1 aromatic carbocycles. The Morgan fingerprint density at radius 2 is 1.68 bits per heavy atom. The Morgan fingerprint density at radius 3 is 2.32 bits per heavy atom. The zero-order valence-electron chi connectivity index (χ0n) is 17.7. The number of carbonyl (C=O) groups is 1. The molecule has 0 N–H and O–H groups in total. The summed E-state index contributed by atoms with van der Waals surface area (Å²) >= 11 is 0. The van der Waals surface area contributed by atoms with E-state index >= 15 is 0 Å². The van der Waals surface area contributed by atoms with E-state index in [1.807, 2.05) is 0 Å². The lowest BCUT2D eigenvalue weighted by Gasteiger charge is -2.51. The molecule has 156 valence electrons. The maximum absolute atomic E-state index is 12.6. The molecule has 6 nitrogen and oxygen atoms in total. The van der Waals surface area contributed by atoms with Crippen LogP contribution in [0.4, 0.5) is 0 Å². The second-order valence-electron chi connectivity index (χ2n) is 8.23. The molecule has 0 radical (unpaired) electrons. The predicted octanol–water partition coefficient (Wildman–Crippen LogP) is 3.67. The molecule has 3 atom stereocenters. The number of hydrogen-bond donors (Lipinski definition) is 0. The van der Waals surface area contributed by atoms with E-state index in [1.54, 1.807) is 19.2 Å². The van der Waals surface area contributed by atoms with E-state index in [0.717, 1.165) is 12.5 Å². The molecule has 2 saturated heterocycles. The van der Waals surface area contributed by atoms with Gasteiger partial charge in [-0.1, -0.05) is 0 Å². The number of fused-ring (bicyclic) bond motifs is 1. The van der Waals surface area contributed by atoms with Crippen LogP contribution in [0.15, 0.2) is 12.1 Å². The van der Waals surface area contributed by atoms with E-state index in [9.17, 15) is 4.79 Å². The van der Waals surface area contributed by atoms with Gasteiger partial charge in [0.15, 0.2) is 11.5 Å². The Balaban J connectivity index is 1.61. The van der Waals surface area contributed by atoms with Gasteiger partial charge < -0.3 is 23.4 Å². The Labute approximate surface area is 168 Å². The molecule has 28 heavy (non-hydrogen) atoms. The van der Waals surface area contributed by atoms with Crippen molar-refractivity contribution in [2.24, 2.45) is 5.92 Å². The molecular formula is C22H34NO5+. The fourth-order valence-electron chi connectivity index (χ4n) is 5.16. The largest absolute Gasteiger partial charge is 0.493 e. The molecule has 2 aliphatic heterocycles. The summed E-state index contributed by atoms with van der Waals surface area (Å²) in [7, 11) is 7.03. The molecule has 0 bridgehead atoms. The summed E-state index contributed by atoms with van der Waals surface area (Å²) in [6.07, 6.45) is 7.45. The molecule has 2 fully saturated rings. The van der Waals surface area contributed by atoms with Crippen LogP contribution in [0.5, 0.6) is 17.2 Å². The van der Waals surface area contributed by atoms with Crippen LogP contribution in [0.2, 0.25) is 0 Å². The third-order valence-electron chi connectivity index (χ3n) is 6.63. The van der Waals surface area contributed by atoms with Gasteiger partial charge in [-0.2, -0.15) is 0 Å². The number of ether oxygens (including phenoxy) is 4. The summed E-state index contributed by atoms with van der Waals surface area (Å²) in [6.45, 7) is 3.05. The van der Waals surface area contributed by atoms with Crippen LogP contribution in [0.25, 0.3) is 0 Å². The molecule has 3 unspecified atom stereocenters. The van der Waals surface area contributed by atoms with E-state index < -0.39 is 0 Å². The number of benzene rings is 1. The number of hydrogen-bond acceptors (Lipinski definition) is 5. The molecule has 2 aliphatic rings. The van der Waals surface area contributed by atoms with E-state index in [2.05, 4.69) is 7.05 Å².